The van der Waals surface area contributed by atoms with E-state index in [-0.39, 0.29) is 6.61 Å². The Labute approximate surface area is 163 Å². The van der Waals surface area contributed by atoms with Crippen LogP contribution in [0.5, 0.6) is 5.75 Å². The number of nitrogens with zero attached hydrogens (tertiary/aromatic N) is 1. The van der Waals surface area contributed by atoms with Gasteiger partial charge in [-0.2, -0.15) is 0 Å². The summed E-state index contributed by atoms with van der Waals surface area (Å²) in [6.07, 6.45) is 1.61. The maximum atomic E-state index is 11.8. The Morgan fingerprint density at radius 3 is 2.64 bits per heavy atom. The van der Waals surface area contributed by atoms with Gasteiger partial charge >= 0.3 is 11.9 Å². The first kappa shape index (κ1) is 19.7. The van der Waals surface area contributed by atoms with Crippen molar-refractivity contribution in [3.63, 3.8) is 0 Å². The standard InChI is InChI=1S/C17H17ClINO5/c1-17(2,3)25-14(22)9-23-13(21)8-24-16-12(19)7-11(18)10-5-4-6-20-15(10)16/h4-7H,8-9H2,1-3H3. The van der Waals surface area contributed by atoms with E-state index in [1.165, 1.54) is 0 Å². The highest BCUT2D eigenvalue weighted by Crippen LogP contribution is 2.34. The van der Waals surface area contributed by atoms with E-state index in [1.54, 1.807) is 39.1 Å². The third-order valence-corrected chi connectivity index (χ3v) is 3.97. The van der Waals surface area contributed by atoms with Crippen LogP contribution in [0.2, 0.25) is 5.02 Å². The lowest BCUT2D eigenvalue weighted by molar-refractivity contribution is -0.167. The first-order valence-corrected chi connectivity index (χ1v) is 8.86. The van der Waals surface area contributed by atoms with Crippen molar-refractivity contribution in [1.29, 1.82) is 0 Å². The molecule has 1 heterocycles. The zero-order valence-electron chi connectivity index (χ0n) is 14.0. The molecular formula is C17H17ClINO5. The van der Waals surface area contributed by atoms with E-state index in [0.29, 0.717) is 19.9 Å². The highest BCUT2D eigenvalue weighted by Gasteiger charge is 2.18. The van der Waals surface area contributed by atoms with E-state index in [4.69, 9.17) is 25.8 Å². The fraction of sp³-hybridized carbons (Fsp3) is 0.353. The lowest BCUT2D eigenvalue weighted by Crippen LogP contribution is -2.28. The molecule has 134 valence electrons. The number of rotatable bonds is 5. The average molecular weight is 478 g/mol. The summed E-state index contributed by atoms with van der Waals surface area (Å²) in [5, 5.41) is 1.27. The Morgan fingerprint density at radius 2 is 1.96 bits per heavy atom. The van der Waals surface area contributed by atoms with Crippen LogP contribution in [0.1, 0.15) is 20.8 Å². The molecule has 0 aliphatic rings. The minimum atomic E-state index is -0.680. The van der Waals surface area contributed by atoms with Gasteiger partial charge in [0, 0.05) is 11.6 Å². The largest absolute Gasteiger partial charge is 0.478 e. The van der Waals surface area contributed by atoms with Crippen molar-refractivity contribution in [2.45, 2.75) is 26.4 Å². The Balaban J connectivity index is 1.99. The van der Waals surface area contributed by atoms with Crippen LogP contribution in [-0.2, 0) is 19.1 Å². The molecule has 2 aromatic rings. The van der Waals surface area contributed by atoms with Gasteiger partial charge in [0.25, 0.3) is 0 Å². The van der Waals surface area contributed by atoms with Crippen LogP contribution in [0.15, 0.2) is 24.4 Å². The molecule has 0 N–H and O–H groups in total. The number of hydrogen-bond acceptors (Lipinski definition) is 6. The number of aromatic nitrogens is 1. The van der Waals surface area contributed by atoms with Gasteiger partial charge in [-0.05, 0) is 61.6 Å². The summed E-state index contributed by atoms with van der Waals surface area (Å²) in [5.74, 6) is -0.857. The smallest absolute Gasteiger partial charge is 0.344 e. The number of halogens is 2. The summed E-state index contributed by atoms with van der Waals surface area (Å²) < 4.78 is 16.2. The monoisotopic (exact) mass is 477 g/mol. The first-order valence-electron chi connectivity index (χ1n) is 7.40. The topological polar surface area (TPSA) is 74.7 Å². The summed E-state index contributed by atoms with van der Waals surface area (Å²) in [6.45, 7) is 4.38. The third kappa shape index (κ3) is 5.71. The maximum absolute atomic E-state index is 11.8. The van der Waals surface area contributed by atoms with Gasteiger partial charge in [0.2, 0.25) is 0 Å². The molecule has 6 nitrogen and oxygen atoms in total. The average Bonchev–Trinajstić information content (AvgIpc) is 2.51. The molecule has 0 atom stereocenters. The Bertz CT molecular complexity index is 803. The molecule has 0 bridgehead atoms. The van der Waals surface area contributed by atoms with Crippen LogP contribution in [-0.4, -0.2) is 35.7 Å². The van der Waals surface area contributed by atoms with Crippen molar-refractivity contribution in [2.75, 3.05) is 13.2 Å². The van der Waals surface area contributed by atoms with Crippen LogP contribution in [0, 0.1) is 3.57 Å². The zero-order valence-corrected chi connectivity index (χ0v) is 16.9. The van der Waals surface area contributed by atoms with E-state index >= 15 is 0 Å². The number of pyridine rings is 1. The maximum Gasteiger partial charge on any atom is 0.344 e. The summed E-state index contributed by atoms with van der Waals surface area (Å²) in [5.41, 5.74) is -0.0800. The number of fused-ring (bicyclic) bond motifs is 1. The molecule has 8 heteroatoms. The number of ether oxygens (including phenoxy) is 3. The van der Waals surface area contributed by atoms with Crippen LogP contribution >= 0.6 is 34.2 Å². The number of hydrogen-bond donors (Lipinski definition) is 0. The minimum absolute atomic E-state index is 0.355. The number of carbonyl (C=O) groups excluding carboxylic acids is 2. The van der Waals surface area contributed by atoms with E-state index in [2.05, 4.69) is 27.6 Å². The van der Waals surface area contributed by atoms with Gasteiger partial charge in [-0.15, -0.1) is 0 Å². The van der Waals surface area contributed by atoms with Crippen molar-refractivity contribution < 1.29 is 23.8 Å². The molecule has 25 heavy (non-hydrogen) atoms. The van der Waals surface area contributed by atoms with Crippen LogP contribution in [0.25, 0.3) is 10.9 Å². The second-order valence-electron chi connectivity index (χ2n) is 6.10. The Hall–Kier alpha value is -1.61. The molecule has 0 saturated heterocycles. The fourth-order valence-corrected chi connectivity index (χ4v) is 3.14. The number of benzene rings is 1. The summed E-state index contributed by atoms with van der Waals surface area (Å²) in [6, 6.07) is 5.31. The molecule has 0 saturated carbocycles. The SMILES string of the molecule is CC(C)(C)OC(=O)COC(=O)COc1c(I)cc(Cl)c2cccnc12. The molecule has 0 spiro atoms. The van der Waals surface area contributed by atoms with E-state index in [1.807, 2.05) is 6.07 Å². The highest BCUT2D eigenvalue weighted by molar-refractivity contribution is 14.1. The zero-order chi connectivity index (χ0) is 18.6. The van der Waals surface area contributed by atoms with Crippen molar-refractivity contribution >= 4 is 57.0 Å². The van der Waals surface area contributed by atoms with Gasteiger partial charge in [0.1, 0.15) is 11.1 Å². The Morgan fingerprint density at radius 1 is 1.24 bits per heavy atom. The van der Waals surface area contributed by atoms with E-state index in [9.17, 15) is 9.59 Å². The predicted molar refractivity (Wildman–Crippen MR) is 102 cm³/mol. The van der Waals surface area contributed by atoms with Gasteiger partial charge in [0.05, 0.1) is 8.59 Å². The fourth-order valence-electron chi connectivity index (χ4n) is 1.97. The minimum Gasteiger partial charge on any atom is -0.478 e. The molecular weight excluding hydrogens is 461 g/mol. The first-order chi connectivity index (χ1) is 11.7. The third-order valence-electron chi connectivity index (χ3n) is 2.86. The predicted octanol–water partition coefficient (Wildman–Crippen LogP) is 3.76. The molecule has 0 aliphatic carbocycles. The summed E-state index contributed by atoms with van der Waals surface area (Å²) in [4.78, 5) is 27.6. The molecule has 1 aromatic heterocycles. The van der Waals surface area contributed by atoms with Crippen molar-refractivity contribution in [1.82, 2.24) is 4.98 Å². The van der Waals surface area contributed by atoms with E-state index < -0.39 is 24.1 Å². The number of esters is 2. The molecule has 0 aliphatic heterocycles. The number of carbonyl (C=O) groups is 2. The Kier molecular flexibility index (Phi) is 6.45. The summed E-state index contributed by atoms with van der Waals surface area (Å²) in [7, 11) is 0. The van der Waals surface area contributed by atoms with Gasteiger partial charge in [0.15, 0.2) is 19.0 Å². The molecule has 0 fully saturated rings. The molecule has 1 aromatic carbocycles. The molecule has 2 rings (SSSR count). The highest BCUT2D eigenvalue weighted by atomic mass is 127. The van der Waals surface area contributed by atoms with Crippen molar-refractivity contribution in [2.24, 2.45) is 0 Å². The normalized spacial score (nSPS) is 11.2. The van der Waals surface area contributed by atoms with Crippen molar-refractivity contribution in [3.8, 4) is 5.75 Å². The van der Waals surface area contributed by atoms with Gasteiger partial charge in [-0.25, -0.2) is 9.59 Å². The molecule has 0 radical (unpaired) electrons. The second-order valence-corrected chi connectivity index (χ2v) is 7.67. The molecule has 0 unspecified atom stereocenters. The van der Waals surface area contributed by atoms with Crippen LogP contribution < -0.4 is 4.74 Å². The van der Waals surface area contributed by atoms with Gasteiger partial charge < -0.3 is 14.2 Å². The van der Waals surface area contributed by atoms with Gasteiger partial charge in [-0.3, -0.25) is 4.98 Å². The van der Waals surface area contributed by atoms with Crippen LogP contribution in [0.3, 0.4) is 0 Å². The quantitative estimate of drug-likeness (QED) is 0.482. The lowest BCUT2D eigenvalue weighted by Gasteiger charge is -2.19. The second kappa shape index (κ2) is 8.18. The van der Waals surface area contributed by atoms with E-state index in [0.717, 1.165) is 5.39 Å². The van der Waals surface area contributed by atoms with Crippen LogP contribution in [0.4, 0.5) is 0 Å². The van der Waals surface area contributed by atoms with Gasteiger partial charge in [-0.1, -0.05) is 11.6 Å². The lowest BCUT2D eigenvalue weighted by atomic mass is 10.2. The molecule has 0 amide bonds. The summed E-state index contributed by atoms with van der Waals surface area (Å²) >= 11 is 8.24. The van der Waals surface area contributed by atoms with Crippen molar-refractivity contribution in [3.05, 3.63) is 33.0 Å².